The molecule has 4 nitrogen and oxygen atoms in total. The molecule has 0 aliphatic rings. The van der Waals surface area contributed by atoms with Crippen LogP contribution in [0, 0.1) is 6.92 Å². The van der Waals surface area contributed by atoms with Gasteiger partial charge in [0.1, 0.15) is 5.82 Å². The van der Waals surface area contributed by atoms with Crippen molar-refractivity contribution in [2.75, 3.05) is 13.7 Å². The molecule has 1 heterocycles. The van der Waals surface area contributed by atoms with Crippen LogP contribution in [0.25, 0.3) is 11.4 Å². The van der Waals surface area contributed by atoms with Crippen molar-refractivity contribution >= 4 is 23.2 Å². The molecule has 0 aliphatic heterocycles. The van der Waals surface area contributed by atoms with Crippen molar-refractivity contribution in [1.82, 2.24) is 14.8 Å². The van der Waals surface area contributed by atoms with Crippen LogP contribution < -0.4 is 0 Å². The highest BCUT2D eigenvalue weighted by Gasteiger charge is 2.13. The summed E-state index contributed by atoms with van der Waals surface area (Å²) in [4.78, 5) is 0. The van der Waals surface area contributed by atoms with E-state index in [2.05, 4.69) is 10.2 Å². The summed E-state index contributed by atoms with van der Waals surface area (Å²) in [6.07, 6.45) is 0. The van der Waals surface area contributed by atoms with Crippen LogP contribution in [0.4, 0.5) is 0 Å². The number of hydrogen-bond donors (Lipinski definition) is 0. The van der Waals surface area contributed by atoms with Gasteiger partial charge in [-0.15, -0.1) is 21.8 Å². The summed E-state index contributed by atoms with van der Waals surface area (Å²) in [5.41, 5.74) is 2.01. The molecule has 19 heavy (non-hydrogen) atoms. The fourth-order valence-electron chi connectivity index (χ4n) is 1.93. The summed E-state index contributed by atoms with van der Waals surface area (Å²) < 4.78 is 7.07. The van der Waals surface area contributed by atoms with E-state index < -0.39 is 0 Å². The minimum Gasteiger partial charge on any atom is -0.383 e. The van der Waals surface area contributed by atoms with E-state index in [1.807, 2.05) is 29.7 Å². The number of benzene rings is 1. The summed E-state index contributed by atoms with van der Waals surface area (Å²) in [7, 11) is 1.66. The van der Waals surface area contributed by atoms with Crippen LogP contribution in [0.1, 0.15) is 11.4 Å². The maximum Gasteiger partial charge on any atom is 0.164 e. The highest BCUT2D eigenvalue weighted by molar-refractivity contribution is 6.30. The molecular formula is C13H15Cl2N3O. The average molecular weight is 300 g/mol. The third kappa shape index (κ3) is 3.26. The maximum atomic E-state index is 6.09. The SMILES string of the molecule is COCCn1c(CCl)nnc1-c1cc(C)cc(Cl)c1. The highest BCUT2D eigenvalue weighted by Crippen LogP contribution is 2.24. The zero-order valence-electron chi connectivity index (χ0n) is 10.9. The molecule has 6 heteroatoms. The van der Waals surface area contributed by atoms with Crippen molar-refractivity contribution in [3.8, 4) is 11.4 Å². The highest BCUT2D eigenvalue weighted by atomic mass is 35.5. The second-order valence-electron chi connectivity index (χ2n) is 4.24. The molecule has 0 fully saturated rings. The molecule has 0 saturated heterocycles. The van der Waals surface area contributed by atoms with Gasteiger partial charge in [-0.3, -0.25) is 0 Å². The molecule has 0 unspecified atom stereocenters. The molecule has 2 rings (SSSR count). The van der Waals surface area contributed by atoms with E-state index in [1.165, 1.54) is 0 Å². The standard InChI is InChI=1S/C13H15Cl2N3O/c1-9-5-10(7-11(15)6-9)13-17-16-12(8-14)18(13)3-4-19-2/h5-7H,3-4,8H2,1-2H3. The monoisotopic (exact) mass is 299 g/mol. The topological polar surface area (TPSA) is 39.9 Å². The summed E-state index contributed by atoms with van der Waals surface area (Å²) in [5, 5.41) is 9.00. The quantitative estimate of drug-likeness (QED) is 0.795. The van der Waals surface area contributed by atoms with E-state index in [1.54, 1.807) is 7.11 Å². The maximum absolute atomic E-state index is 6.09. The van der Waals surface area contributed by atoms with Gasteiger partial charge in [0.25, 0.3) is 0 Å². The van der Waals surface area contributed by atoms with Crippen LogP contribution in [0.15, 0.2) is 18.2 Å². The first kappa shape index (κ1) is 14.3. The van der Waals surface area contributed by atoms with E-state index in [4.69, 9.17) is 27.9 Å². The lowest BCUT2D eigenvalue weighted by atomic mass is 10.1. The van der Waals surface area contributed by atoms with Crippen molar-refractivity contribution in [3.05, 3.63) is 34.6 Å². The van der Waals surface area contributed by atoms with Crippen LogP contribution in [-0.4, -0.2) is 28.5 Å². The Kier molecular flexibility index (Phi) is 4.80. The second kappa shape index (κ2) is 6.37. The molecule has 0 N–H and O–H groups in total. The van der Waals surface area contributed by atoms with Gasteiger partial charge in [0.05, 0.1) is 12.5 Å². The lowest BCUT2D eigenvalue weighted by Gasteiger charge is -2.09. The third-order valence-electron chi connectivity index (χ3n) is 2.77. The van der Waals surface area contributed by atoms with Crippen molar-refractivity contribution in [3.63, 3.8) is 0 Å². The number of hydrogen-bond acceptors (Lipinski definition) is 3. The van der Waals surface area contributed by atoms with Crippen LogP contribution in [0.2, 0.25) is 5.02 Å². The van der Waals surface area contributed by atoms with Gasteiger partial charge in [-0.2, -0.15) is 0 Å². The van der Waals surface area contributed by atoms with Gasteiger partial charge in [-0.25, -0.2) is 0 Å². The summed E-state index contributed by atoms with van der Waals surface area (Å²) in [6.45, 7) is 3.23. The summed E-state index contributed by atoms with van der Waals surface area (Å²) in [5.74, 6) is 1.81. The molecule has 102 valence electrons. The van der Waals surface area contributed by atoms with Crippen LogP contribution in [0.3, 0.4) is 0 Å². The Morgan fingerprint density at radius 2 is 2.05 bits per heavy atom. The van der Waals surface area contributed by atoms with Gasteiger partial charge < -0.3 is 9.30 Å². The third-order valence-corrected chi connectivity index (χ3v) is 3.22. The minimum absolute atomic E-state index is 0.316. The van der Waals surface area contributed by atoms with Crippen molar-refractivity contribution in [1.29, 1.82) is 0 Å². The first-order chi connectivity index (χ1) is 9.15. The molecule has 2 aromatic rings. The molecule has 0 radical (unpaired) electrons. The molecular weight excluding hydrogens is 285 g/mol. The van der Waals surface area contributed by atoms with E-state index in [-0.39, 0.29) is 0 Å². The smallest absolute Gasteiger partial charge is 0.164 e. The molecule has 0 amide bonds. The van der Waals surface area contributed by atoms with Gasteiger partial charge in [-0.1, -0.05) is 11.6 Å². The van der Waals surface area contributed by atoms with Crippen molar-refractivity contribution in [2.45, 2.75) is 19.3 Å². The Balaban J connectivity index is 2.45. The molecule has 0 spiro atoms. The fourth-order valence-corrected chi connectivity index (χ4v) is 2.42. The number of methoxy groups -OCH3 is 1. The molecule has 1 aromatic carbocycles. The second-order valence-corrected chi connectivity index (χ2v) is 4.94. The lowest BCUT2D eigenvalue weighted by molar-refractivity contribution is 0.187. The molecule has 0 aliphatic carbocycles. The van der Waals surface area contributed by atoms with E-state index in [0.717, 1.165) is 22.8 Å². The van der Waals surface area contributed by atoms with E-state index >= 15 is 0 Å². The molecule has 0 saturated carbocycles. The van der Waals surface area contributed by atoms with Gasteiger partial charge in [-0.05, 0) is 30.7 Å². The summed E-state index contributed by atoms with van der Waals surface area (Å²) >= 11 is 12.0. The number of alkyl halides is 1. The van der Waals surface area contributed by atoms with E-state index in [9.17, 15) is 0 Å². The Morgan fingerprint density at radius 3 is 2.68 bits per heavy atom. The van der Waals surface area contributed by atoms with Crippen molar-refractivity contribution in [2.24, 2.45) is 0 Å². The number of halogens is 2. The van der Waals surface area contributed by atoms with E-state index in [0.29, 0.717) is 24.1 Å². The van der Waals surface area contributed by atoms with Crippen LogP contribution in [-0.2, 0) is 17.2 Å². The largest absolute Gasteiger partial charge is 0.383 e. The van der Waals surface area contributed by atoms with Crippen molar-refractivity contribution < 1.29 is 4.74 Å². The Morgan fingerprint density at radius 1 is 1.26 bits per heavy atom. The molecule has 1 aromatic heterocycles. The summed E-state index contributed by atoms with van der Waals surface area (Å²) in [6, 6.07) is 5.81. The zero-order chi connectivity index (χ0) is 13.8. The van der Waals surface area contributed by atoms with Gasteiger partial charge >= 0.3 is 0 Å². The molecule has 0 bridgehead atoms. The van der Waals surface area contributed by atoms with Gasteiger partial charge in [0.2, 0.25) is 0 Å². The zero-order valence-corrected chi connectivity index (χ0v) is 12.4. The first-order valence-electron chi connectivity index (χ1n) is 5.90. The lowest BCUT2D eigenvalue weighted by Crippen LogP contribution is -2.09. The predicted molar refractivity (Wildman–Crippen MR) is 76.6 cm³/mol. The number of aryl methyl sites for hydroxylation is 1. The predicted octanol–water partition coefficient (Wildman–Crippen LogP) is 3.29. The number of ether oxygens (including phenoxy) is 1. The number of aromatic nitrogens is 3. The number of nitrogens with zero attached hydrogens (tertiary/aromatic N) is 3. The Labute approximate surface area is 122 Å². The minimum atomic E-state index is 0.316. The average Bonchev–Trinajstić information content (AvgIpc) is 2.77. The molecule has 0 atom stereocenters. The number of rotatable bonds is 5. The fraction of sp³-hybridized carbons (Fsp3) is 0.385. The van der Waals surface area contributed by atoms with Crippen LogP contribution in [0.5, 0.6) is 0 Å². The Bertz CT molecular complexity index is 549. The Hall–Kier alpha value is -1.10. The van der Waals surface area contributed by atoms with Gasteiger partial charge in [0, 0.05) is 24.2 Å². The van der Waals surface area contributed by atoms with Gasteiger partial charge in [0.15, 0.2) is 5.82 Å². The first-order valence-corrected chi connectivity index (χ1v) is 6.81. The van der Waals surface area contributed by atoms with Crippen LogP contribution >= 0.6 is 23.2 Å². The normalized spacial score (nSPS) is 10.9.